The molecule has 4 saturated heterocycles. The largest absolute Gasteiger partial charge is 0.479 e. The van der Waals surface area contributed by atoms with Gasteiger partial charge in [0.2, 0.25) is 23.6 Å². The lowest BCUT2D eigenvalue weighted by atomic mass is 9.94. The molecular formula is C38H65N5O21. The molecule has 4 amide bonds. The zero-order valence-corrected chi connectivity index (χ0v) is 36.4. The van der Waals surface area contributed by atoms with Crippen molar-refractivity contribution in [3.8, 4) is 0 Å². The Kier molecular flexibility index (Phi) is 20.4. The minimum absolute atomic E-state index is 0.0310. The molecule has 26 nitrogen and oxygen atoms in total. The molecule has 0 aromatic carbocycles. The number of carbonyl (C=O) groups is 5. The minimum Gasteiger partial charge on any atom is -0.479 e. The highest BCUT2D eigenvalue weighted by atomic mass is 16.8. The standard InChI is InChI=1S/C38H65N5O21/c1-14-24(48)27(51)21(41-17(4)44)36(59-14)64-33-29(53)28(52)32(34(54)55)63-38(33)62-31-23(43-19(6)46)37(60-16(3)26(31)50)61-30-22(42-18(5)45)35(58-15(2)25(30)49)57-13-12-56-11-10-40-20(47)8-7-9-39/h14-16,21-33,35-38,48-53H,7-13,39H2,1-6H3,(H,40,47)(H,41,44)(H,42,45)(H,43,46)(H,54,55)/t14?,15?,16?,21-,22-,23-,24+,25-,26+,27?,28-,29?,30?,31?,32?,33-,35+,36-,37-,38+/m0/s1. The van der Waals surface area contributed by atoms with Crippen molar-refractivity contribution in [2.45, 2.75) is 177 Å². The average molecular weight is 928 g/mol. The van der Waals surface area contributed by atoms with Gasteiger partial charge < -0.3 is 105 Å². The number of ether oxygens (including phenoxy) is 9. The van der Waals surface area contributed by atoms with Crippen LogP contribution in [0.25, 0.3) is 0 Å². The predicted molar refractivity (Wildman–Crippen MR) is 211 cm³/mol. The predicted octanol–water partition coefficient (Wildman–Crippen LogP) is -6.25. The Hall–Kier alpha value is -3.29. The lowest BCUT2D eigenvalue weighted by molar-refractivity contribution is -0.372. The van der Waals surface area contributed by atoms with Crippen molar-refractivity contribution in [2.75, 3.05) is 32.9 Å². The monoisotopic (exact) mass is 927 g/mol. The number of nitrogens with two attached hydrogens (primary N) is 1. The van der Waals surface area contributed by atoms with E-state index in [1.807, 2.05) is 0 Å². The van der Waals surface area contributed by atoms with Crippen molar-refractivity contribution in [1.82, 2.24) is 21.3 Å². The van der Waals surface area contributed by atoms with Crippen molar-refractivity contribution >= 4 is 29.6 Å². The first-order valence-electron chi connectivity index (χ1n) is 21.0. The summed E-state index contributed by atoms with van der Waals surface area (Å²) in [6.07, 6.45) is -27.0. The molecule has 0 aromatic rings. The Balaban J connectivity index is 1.60. The van der Waals surface area contributed by atoms with E-state index in [4.69, 9.17) is 48.4 Å². The van der Waals surface area contributed by atoms with E-state index >= 15 is 0 Å². The molecule has 4 aliphatic heterocycles. The summed E-state index contributed by atoms with van der Waals surface area (Å²) in [6.45, 7) is 8.40. The van der Waals surface area contributed by atoms with Crippen LogP contribution in [0.2, 0.25) is 0 Å². The normalized spacial score (nSPS) is 40.2. The van der Waals surface area contributed by atoms with Gasteiger partial charge in [-0.1, -0.05) is 0 Å². The maximum Gasteiger partial charge on any atom is 0.335 e. The van der Waals surface area contributed by atoms with Gasteiger partial charge in [-0.25, -0.2) is 4.79 Å². The molecule has 4 rings (SSSR count). The molecule has 4 heterocycles. The quantitative estimate of drug-likeness (QED) is 0.0505. The van der Waals surface area contributed by atoms with Crippen molar-refractivity contribution in [3.63, 3.8) is 0 Å². The van der Waals surface area contributed by atoms with Gasteiger partial charge in [-0.05, 0) is 33.7 Å². The molecule has 4 aliphatic rings. The number of hydrogen-bond acceptors (Lipinski definition) is 21. The van der Waals surface area contributed by atoms with Gasteiger partial charge in [0.1, 0.15) is 73.1 Å². The second kappa shape index (κ2) is 24.5. The average Bonchev–Trinajstić information content (AvgIpc) is 3.22. The first kappa shape index (κ1) is 53.3. The molecule has 368 valence electrons. The molecule has 0 spiro atoms. The van der Waals surface area contributed by atoms with Crippen LogP contribution < -0.4 is 27.0 Å². The summed E-state index contributed by atoms with van der Waals surface area (Å²) in [5.41, 5.74) is 5.43. The van der Waals surface area contributed by atoms with E-state index in [1.165, 1.54) is 27.7 Å². The summed E-state index contributed by atoms with van der Waals surface area (Å²) in [5, 5.41) is 86.7. The van der Waals surface area contributed by atoms with Crippen LogP contribution in [0.4, 0.5) is 0 Å². The molecule has 64 heavy (non-hydrogen) atoms. The lowest BCUT2D eigenvalue weighted by Crippen LogP contribution is -2.71. The lowest BCUT2D eigenvalue weighted by Gasteiger charge is -2.50. The summed E-state index contributed by atoms with van der Waals surface area (Å²) in [5.74, 6) is -3.90. The Morgan fingerprint density at radius 3 is 1.59 bits per heavy atom. The summed E-state index contributed by atoms with van der Waals surface area (Å²) in [7, 11) is 0. The van der Waals surface area contributed by atoms with E-state index in [0.717, 1.165) is 13.8 Å². The molecule has 0 aromatic heterocycles. The van der Waals surface area contributed by atoms with Crippen LogP contribution in [0.3, 0.4) is 0 Å². The number of aliphatic carboxylic acids is 1. The highest BCUT2D eigenvalue weighted by Crippen LogP contribution is 2.35. The van der Waals surface area contributed by atoms with Gasteiger partial charge in [-0.3, -0.25) is 19.2 Å². The van der Waals surface area contributed by atoms with E-state index in [2.05, 4.69) is 21.3 Å². The SMILES string of the molecule is CC(=O)N[C@H]1C(O)[C@H](O)C(C)O[C@H]1O[C@H]1C(O)[C@H](O)C(C(=O)O)O[C@H]1OC1[C@H](O)C(C)O[C@@H](OC2[C@@H](O)C(C)O[C@@H](OCCOCCNC(=O)CCCN)[C@H]2NC(C)=O)[C@H]1NC(C)=O. The molecule has 0 radical (unpaired) electrons. The zero-order chi connectivity index (χ0) is 47.6. The zero-order valence-electron chi connectivity index (χ0n) is 36.4. The number of carboxylic acid groups (broad SMARTS) is 1. The number of rotatable bonds is 20. The smallest absolute Gasteiger partial charge is 0.335 e. The molecule has 0 saturated carbocycles. The van der Waals surface area contributed by atoms with Crippen molar-refractivity contribution < 1.29 is 102 Å². The first-order valence-corrected chi connectivity index (χ1v) is 21.0. The number of nitrogens with one attached hydrogen (secondary N) is 4. The van der Waals surface area contributed by atoms with Crippen molar-refractivity contribution in [1.29, 1.82) is 0 Å². The van der Waals surface area contributed by atoms with Crippen molar-refractivity contribution in [2.24, 2.45) is 5.73 Å². The molecule has 0 aliphatic carbocycles. The van der Waals surface area contributed by atoms with Gasteiger partial charge in [0.15, 0.2) is 31.3 Å². The van der Waals surface area contributed by atoms with E-state index in [0.29, 0.717) is 13.0 Å². The number of aliphatic hydroxyl groups excluding tert-OH is 6. The van der Waals surface area contributed by atoms with E-state index in [9.17, 15) is 59.7 Å². The summed E-state index contributed by atoms with van der Waals surface area (Å²) < 4.78 is 53.2. The second-order valence-electron chi connectivity index (χ2n) is 16.0. The second-order valence-corrected chi connectivity index (χ2v) is 16.0. The molecule has 13 N–H and O–H groups in total. The van der Waals surface area contributed by atoms with Gasteiger partial charge in [0.05, 0.1) is 38.1 Å². The summed E-state index contributed by atoms with van der Waals surface area (Å²) >= 11 is 0. The topological polar surface area (TPSA) is 384 Å². The minimum atomic E-state index is -2.16. The van der Waals surface area contributed by atoms with Gasteiger partial charge in [0.25, 0.3) is 0 Å². The van der Waals surface area contributed by atoms with Crippen LogP contribution in [-0.2, 0) is 66.6 Å². The fraction of sp³-hybridized carbons (Fsp3) is 0.868. The molecule has 26 heteroatoms. The molecule has 0 bridgehead atoms. The van der Waals surface area contributed by atoms with Gasteiger partial charge in [-0.15, -0.1) is 0 Å². The van der Waals surface area contributed by atoms with Gasteiger partial charge in [-0.2, -0.15) is 0 Å². The molecule has 8 unspecified atom stereocenters. The summed E-state index contributed by atoms with van der Waals surface area (Å²) in [4.78, 5) is 61.4. The van der Waals surface area contributed by atoms with E-state index in [-0.39, 0.29) is 38.7 Å². The highest BCUT2D eigenvalue weighted by Gasteiger charge is 2.57. The maximum absolute atomic E-state index is 12.8. The Bertz CT molecular complexity index is 1550. The third-order valence-corrected chi connectivity index (χ3v) is 10.9. The Morgan fingerprint density at radius 1 is 0.562 bits per heavy atom. The van der Waals surface area contributed by atoms with Crippen LogP contribution in [0.5, 0.6) is 0 Å². The number of carbonyl (C=O) groups excluding carboxylic acids is 4. The fourth-order valence-electron chi connectivity index (χ4n) is 7.61. The Morgan fingerprint density at radius 2 is 1.05 bits per heavy atom. The fourth-order valence-corrected chi connectivity index (χ4v) is 7.61. The van der Waals surface area contributed by atoms with Crippen LogP contribution in [0.1, 0.15) is 54.4 Å². The maximum atomic E-state index is 12.8. The van der Waals surface area contributed by atoms with Crippen molar-refractivity contribution in [3.05, 3.63) is 0 Å². The number of amides is 4. The summed E-state index contributed by atoms with van der Waals surface area (Å²) in [6, 6.07) is -4.29. The number of hydrogen-bond donors (Lipinski definition) is 12. The molecular weight excluding hydrogens is 862 g/mol. The van der Waals surface area contributed by atoms with Gasteiger partial charge >= 0.3 is 5.97 Å². The van der Waals surface area contributed by atoms with Gasteiger partial charge in [0, 0.05) is 33.7 Å². The molecule has 4 fully saturated rings. The van der Waals surface area contributed by atoms with Crippen LogP contribution in [0.15, 0.2) is 0 Å². The Labute approximate surface area is 368 Å². The highest BCUT2D eigenvalue weighted by molar-refractivity contribution is 5.76. The third-order valence-electron chi connectivity index (χ3n) is 10.9. The van der Waals surface area contributed by atoms with Crippen LogP contribution in [0, 0.1) is 0 Å². The van der Waals surface area contributed by atoms with E-state index in [1.54, 1.807) is 0 Å². The first-order chi connectivity index (χ1) is 30.2. The van der Waals surface area contributed by atoms with Crippen LogP contribution >= 0.6 is 0 Å². The van der Waals surface area contributed by atoms with Crippen LogP contribution in [-0.4, -0.2) is 221 Å². The number of aliphatic hydroxyl groups is 6. The molecule has 20 atom stereocenters. The van der Waals surface area contributed by atoms with E-state index < -0.39 is 146 Å². The number of carboxylic acids is 1. The third kappa shape index (κ3) is 13.9.